The van der Waals surface area contributed by atoms with Gasteiger partial charge in [0.1, 0.15) is 5.82 Å². The molecule has 2 N–H and O–H groups in total. The van der Waals surface area contributed by atoms with E-state index in [0.717, 1.165) is 42.0 Å². The van der Waals surface area contributed by atoms with Gasteiger partial charge in [-0.15, -0.1) is 0 Å². The highest BCUT2D eigenvalue weighted by Crippen LogP contribution is 2.34. The fraction of sp³-hybridized carbons (Fsp3) is 0.519. The topological polar surface area (TPSA) is 85.8 Å². The summed E-state index contributed by atoms with van der Waals surface area (Å²) in [5, 5.41) is 13.0. The van der Waals surface area contributed by atoms with Crippen LogP contribution in [0.3, 0.4) is 0 Å². The lowest BCUT2D eigenvalue weighted by Gasteiger charge is -2.33. The number of carbonyl (C=O) groups is 2. The number of carbonyl (C=O) groups excluding carboxylic acids is 1. The van der Waals surface area contributed by atoms with Crippen molar-refractivity contribution in [1.82, 2.24) is 14.8 Å². The summed E-state index contributed by atoms with van der Waals surface area (Å²) in [5.41, 5.74) is 4.34. The molecule has 0 bridgehead atoms. The molecule has 2 aromatic rings. The van der Waals surface area contributed by atoms with Crippen LogP contribution in [0, 0.1) is 5.92 Å². The molecule has 0 radical (unpaired) electrons. The number of aryl methyl sites for hydroxylation is 1. The number of benzene rings is 1. The van der Waals surface area contributed by atoms with E-state index in [-0.39, 0.29) is 18.0 Å². The van der Waals surface area contributed by atoms with Gasteiger partial charge in [0.25, 0.3) is 0 Å². The van der Waals surface area contributed by atoms with Crippen LogP contribution in [-0.4, -0.2) is 57.6 Å². The molecular formula is C27H36N4O3. The first-order valence-electron chi connectivity index (χ1n) is 12.4. The van der Waals surface area contributed by atoms with E-state index in [0.29, 0.717) is 32.5 Å². The fourth-order valence-electron chi connectivity index (χ4n) is 5.13. The minimum absolute atomic E-state index is 0.00418. The third kappa shape index (κ3) is 5.18. The molecule has 0 aliphatic carbocycles. The van der Waals surface area contributed by atoms with Crippen molar-refractivity contribution in [3.05, 3.63) is 58.8 Å². The van der Waals surface area contributed by atoms with Crippen LogP contribution >= 0.6 is 0 Å². The fourth-order valence-corrected chi connectivity index (χ4v) is 5.13. The zero-order chi connectivity index (χ0) is 24.2. The Hall–Kier alpha value is -3.09. The van der Waals surface area contributed by atoms with Gasteiger partial charge in [-0.05, 0) is 61.8 Å². The molecule has 2 aliphatic heterocycles. The van der Waals surface area contributed by atoms with Crippen LogP contribution in [0.2, 0.25) is 0 Å². The molecule has 1 aromatic carbocycles. The molecule has 2 atom stereocenters. The lowest BCUT2D eigenvalue weighted by molar-refractivity contribution is -0.141. The van der Waals surface area contributed by atoms with Gasteiger partial charge >= 0.3 is 12.0 Å². The maximum atomic E-state index is 13.7. The van der Waals surface area contributed by atoms with Gasteiger partial charge in [0.2, 0.25) is 0 Å². The number of amides is 2. The summed E-state index contributed by atoms with van der Waals surface area (Å²) in [6.45, 7) is 8.44. The van der Waals surface area contributed by atoms with Crippen LogP contribution in [0.5, 0.6) is 0 Å². The van der Waals surface area contributed by atoms with Crippen molar-refractivity contribution < 1.29 is 14.7 Å². The number of anilines is 1. The summed E-state index contributed by atoms with van der Waals surface area (Å²) in [5.74, 6) is -0.420. The Kier molecular flexibility index (Phi) is 7.39. The van der Waals surface area contributed by atoms with Crippen LogP contribution < -0.4 is 5.32 Å². The predicted molar refractivity (Wildman–Crippen MR) is 133 cm³/mol. The number of aliphatic carboxylic acids is 1. The summed E-state index contributed by atoms with van der Waals surface area (Å²) in [7, 11) is 0. The standard InChI is InChI=1S/C27H36N4O3/c1-18(2)31(16-12-22-11-10-20-8-6-14-28-25(20)29-22)27(34)30-15-13-23(19(3)26(32)33)24-9-5-4-7-21(24)17-30/h4-5,7,9-11,18-19,23H,6,8,12-17H2,1-3H3,(H,28,29)(H,32,33). The SMILES string of the molecule is CC(C(=O)O)C1CCN(C(=O)N(CCc2ccc3c(n2)NCCC3)C(C)C)Cc2ccccc21. The Balaban J connectivity index is 1.49. The summed E-state index contributed by atoms with van der Waals surface area (Å²) in [4.78, 5) is 34.0. The molecule has 182 valence electrons. The number of rotatable bonds is 6. The summed E-state index contributed by atoms with van der Waals surface area (Å²) in [6.07, 6.45) is 3.53. The van der Waals surface area contributed by atoms with E-state index in [4.69, 9.17) is 4.98 Å². The molecule has 2 unspecified atom stereocenters. The van der Waals surface area contributed by atoms with Crippen LogP contribution in [0.25, 0.3) is 0 Å². The summed E-state index contributed by atoms with van der Waals surface area (Å²) in [6, 6.07) is 12.2. The number of nitrogens with zero attached hydrogens (tertiary/aromatic N) is 3. The highest BCUT2D eigenvalue weighted by Gasteiger charge is 2.33. The first-order valence-corrected chi connectivity index (χ1v) is 12.4. The number of nitrogens with one attached hydrogen (secondary N) is 1. The molecule has 2 amide bonds. The van der Waals surface area contributed by atoms with E-state index in [1.165, 1.54) is 5.56 Å². The zero-order valence-electron chi connectivity index (χ0n) is 20.5. The van der Waals surface area contributed by atoms with Gasteiger partial charge in [-0.3, -0.25) is 4.79 Å². The maximum Gasteiger partial charge on any atom is 0.320 e. The minimum atomic E-state index is -0.796. The van der Waals surface area contributed by atoms with E-state index in [1.807, 2.05) is 47.9 Å². The molecule has 0 fully saturated rings. The van der Waals surface area contributed by atoms with Crippen molar-refractivity contribution in [2.75, 3.05) is 25.0 Å². The average molecular weight is 465 g/mol. The smallest absolute Gasteiger partial charge is 0.320 e. The van der Waals surface area contributed by atoms with Crippen molar-refractivity contribution >= 4 is 17.8 Å². The second-order valence-corrected chi connectivity index (χ2v) is 9.80. The number of carboxylic acid groups (broad SMARTS) is 1. The molecule has 0 saturated heterocycles. The lowest BCUT2D eigenvalue weighted by atomic mass is 9.83. The molecule has 7 nitrogen and oxygen atoms in total. The van der Waals surface area contributed by atoms with Crippen LogP contribution in [-0.2, 0) is 24.2 Å². The molecule has 2 aliphatic rings. The molecule has 0 spiro atoms. The summed E-state index contributed by atoms with van der Waals surface area (Å²) < 4.78 is 0. The van der Waals surface area contributed by atoms with Crippen molar-refractivity contribution in [2.45, 2.75) is 65.0 Å². The normalized spacial score (nSPS) is 18.4. The Bertz CT molecular complexity index is 1040. The van der Waals surface area contributed by atoms with Crippen LogP contribution in [0.15, 0.2) is 36.4 Å². The Morgan fingerprint density at radius 2 is 1.97 bits per heavy atom. The number of hydrogen-bond donors (Lipinski definition) is 2. The molecule has 34 heavy (non-hydrogen) atoms. The van der Waals surface area contributed by atoms with Gasteiger partial charge in [-0.2, -0.15) is 0 Å². The number of fused-ring (bicyclic) bond motifs is 2. The van der Waals surface area contributed by atoms with Gasteiger partial charge < -0.3 is 20.2 Å². The van der Waals surface area contributed by atoms with Crippen LogP contribution in [0.4, 0.5) is 10.6 Å². The number of aromatic nitrogens is 1. The lowest BCUT2D eigenvalue weighted by Crippen LogP contribution is -2.47. The Morgan fingerprint density at radius 1 is 1.18 bits per heavy atom. The predicted octanol–water partition coefficient (Wildman–Crippen LogP) is 4.52. The highest BCUT2D eigenvalue weighted by atomic mass is 16.4. The molecule has 7 heteroatoms. The van der Waals surface area contributed by atoms with E-state index < -0.39 is 11.9 Å². The number of urea groups is 1. The zero-order valence-corrected chi connectivity index (χ0v) is 20.5. The van der Waals surface area contributed by atoms with Crippen LogP contribution in [0.1, 0.15) is 61.9 Å². The molecular weight excluding hydrogens is 428 g/mol. The molecule has 4 rings (SSSR count). The van der Waals surface area contributed by atoms with Gasteiger partial charge in [0, 0.05) is 44.3 Å². The third-order valence-electron chi connectivity index (χ3n) is 7.22. The first kappa shape index (κ1) is 24.0. The molecule has 1 aromatic heterocycles. The van der Waals surface area contributed by atoms with E-state index >= 15 is 0 Å². The van der Waals surface area contributed by atoms with Gasteiger partial charge in [-0.1, -0.05) is 37.3 Å². The van der Waals surface area contributed by atoms with Crippen molar-refractivity contribution in [2.24, 2.45) is 5.92 Å². The quantitative estimate of drug-likeness (QED) is 0.656. The second-order valence-electron chi connectivity index (χ2n) is 9.80. The maximum absolute atomic E-state index is 13.7. The van der Waals surface area contributed by atoms with E-state index in [2.05, 4.69) is 17.4 Å². The Morgan fingerprint density at radius 3 is 2.74 bits per heavy atom. The number of pyridine rings is 1. The summed E-state index contributed by atoms with van der Waals surface area (Å²) >= 11 is 0. The van der Waals surface area contributed by atoms with Crippen molar-refractivity contribution in [3.63, 3.8) is 0 Å². The largest absolute Gasteiger partial charge is 0.481 e. The number of hydrogen-bond acceptors (Lipinski definition) is 4. The first-order chi connectivity index (χ1) is 16.3. The Labute approximate surface area is 202 Å². The van der Waals surface area contributed by atoms with E-state index in [1.54, 1.807) is 6.92 Å². The monoisotopic (exact) mass is 464 g/mol. The van der Waals surface area contributed by atoms with Crippen molar-refractivity contribution in [1.29, 1.82) is 0 Å². The third-order valence-corrected chi connectivity index (χ3v) is 7.22. The average Bonchev–Trinajstić information content (AvgIpc) is 3.03. The molecule has 3 heterocycles. The van der Waals surface area contributed by atoms with Gasteiger partial charge in [0.15, 0.2) is 0 Å². The highest BCUT2D eigenvalue weighted by molar-refractivity contribution is 5.75. The second kappa shape index (κ2) is 10.5. The van der Waals surface area contributed by atoms with Crippen molar-refractivity contribution in [3.8, 4) is 0 Å². The minimum Gasteiger partial charge on any atom is -0.481 e. The number of carboxylic acids is 1. The van der Waals surface area contributed by atoms with E-state index in [9.17, 15) is 14.7 Å². The molecule has 0 saturated carbocycles. The van der Waals surface area contributed by atoms with Gasteiger partial charge in [0.05, 0.1) is 5.92 Å². The van der Waals surface area contributed by atoms with Gasteiger partial charge in [-0.25, -0.2) is 9.78 Å².